The van der Waals surface area contributed by atoms with Gasteiger partial charge in [-0.05, 0) is 48.3 Å². The molecular formula is C8H10. The van der Waals surface area contributed by atoms with E-state index >= 15 is 0 Å². The summed E-state index contributed by atoms with van der Waals surface area (Å²) in [5, 5.41) is 0. The topological polar surface area (TPSA) is 0 Å². The predicted octanol–water partition coefficient (Wildman–Crippen LogP) is 1.52. The Morgan fingerprint density at radius 2 is 1.00 bits per heavy atom. The van der Waals surface area contributed by atoms with Crippen molar-refractivity contribution in [2.75, 3.05) is 0 Å². The van der Waals surface area contributed by atoms with Crippen LogP contribution >= 0.6 is 0 Å². The van der Waals surface area contributed by atoms with Crippen LogP contribution in [-0.2, 0) is 0 Å². The molecule has 4 aliphatic carbocycles. The number of rotatable bonds is 0. The summed E-state index contributed by atoms with van der Waals surface area (Å²) in [6.07, 6.45) is 3.28. The fraction of sp³-hybridized carbons (Fsp3) is 1.00. The molecule has 42 valence electrons. The molecule has 0 aromatic heterocycles. The number of fused-ring (bicyclic) bond motifs is 7. The third-order valence-electron chi connectivity index (χ3n) is 4.20. The molecule has 4 fully saturated rings. The number of hydrogen-bond acceptors (Lipinski definition) is 0. The first-order valence-electron chi connectivity index (χ1n) is 3.97. The second kappa shape index (κ2) is 0.630. The van der Waals surface area contributed by atoms with Gasteiger partial charge in [0.05, 0.1) is 0 Å². The third-order valence-corrected chi connectivity index (χ3v) is 4.20. The van der Waals surface area contributed by atoms with Gasteiger partial charge in [0, 0.05) is 0 Å². The lowest BCUT2D eigenvalue weighted by Crippen LogP contribution is -2.41. The lowest BCUT2D eigenvalue weighted by atomic mass is 9.60. The largest absolute Gasteiger partial charge is 0.0465 e. The maximum absolute atomic E-state index is 1.64. The normalized spacial score (nSPS) is 87.0. The highest BCUT2D eigenvalue weighted by Gasteiger charge is 2.78. The molecule has 4 rings (SSSR count). The van der Waals surface area contributed by atoms with Crippen LogP contribution in [0.2, 0.25) is 0 Å². The molecule has 0 saturated heterocycles. The molecule has 0 aliphatic heterocycles. The highest BCUT2D eigenvalue weighted by atomic mass is 14.8. The van der Waals surface area contributed by atoms with Crippen LogP contribution in [0.3, 0.4) is 0 Å². The van der Waals surface area contributed by atoms with E-state index in [4.69, 9.17) is 0 Å². The Morgan fingerprint density at radius 1 is 0.625 bits per heavy atom. The molecule has 0 nitrogen and oxygen atoms in total. The van der Waals surface area contributed by atoms with Gasteiger partial charge in [-0.3, -0.25) is 0 Å². The molecule has 8 heavy (non-hydrogen) atoms. The Balaban J connectivity index is 1.88. The summed E-state index contributed by atoms with van der Waals surface area (Å²) in [6, 6.07) is 0. The van der Waals surface area contributed by atoms with Crippen LogP contribution in [0.4, 0.5) is 0 Å². The van der Waals surface area contributed by atoms with Crippen LogP contribution in [-0.4, -0.2) is 0 Å². The highest BCUT2D eigenvalue weighted by molar-refractivity contribution is 5.26. The minimum atomic E-state index is 1.28. The standard InChI is InChI=1S/C8H10/c1-3-4(1)8-6-2-5(6)7(3)8/h3-8H,1-2H2. The summed E-state index contributed by atoms with van der Waals surface area (Å²) in [5.41, 5.74) is 0. The van der Waals surface area contributed by atoms with Gasteiger partial charge in [0.1, 0.15) is 0 Å². The lowest BCUT2D eigenvalue weighted by Gasteiger charge is -2.45. The van der Waals surface area contributed by atoms with Crippen molar-refractivity contribution in [3.8, 4) is 0 Å². The van der Waals surface area contributed by atoms with Crippen molar-refractivity contribution < 1.29 is 0 Å². The molecule has 4 unspecified atom stereocenters. The molecule has 4 aliphatic rings. The van der Waals surface area contributed by atoms with E-state index in [2.05, 4.69) is 0 Å². The quantitative estimate of drug-likeness (QED) is 0.439. The molecule has 4 saturated carbocycles. The smallest absolute Gasteiger partial charge is 0.0318 e. The summed E-state index contributed by atoms with van der Waals surface area (Å²) in [6.45, 7) is 0. The summed E-state index contributed by atoms with van der Waals surface area (Å²) in [7, 11) is 0. The summed E-state index contributed by atoms with van der Waals surface area (Å²) in [4.78, 5) is 0. The molecule has 4 atom stereocenters. The van der Waals surface area contributed by atoms with Crippen LogP contribution < -0.4 is 0 Å². The fourth-order valence-corrected chi connectivity index (χ4v) is 3.73. The fourth-order valence-electron chi connectivity index (χ4n) is 3.73. The average molecular weight is 106 g/mol. The lowest BCUT2D eigenvalue weighted by molar-refractivity contribution is 0.0202. The van der Waals surface area contributed by atoms with E-state index in [9.17, 15) is 0 Å². The van der Waals surface area contributed by atoms with Gasteiger partial charge in [-0.25, -0.2) is 0 Å². The Labute approximate surface area is 49.3 Å². The molecule has 0 radical (unpaired) electrons. The summed E-state index contributed by atoms with van der Waals surface area (Å²) < 4.78 is 0. The van der Waals surface area contributed by atoms with Crippen LogP contribution in [0.5, 0.6) is 0 Å². The maximum Gasteiger partial charge on any atom is -0.0318 e. The van der Waals surface area contributed by atoms with Crippen molar-refractivity contribution in [1.29, 1.82) is 0 Å². The van der Waals surface area contributed by atoms with E-state index in [1.807, 2.05) is 0 Å². The number of hydrogen-bond donors (Lipinski definition) is 0. The van der Waals surface area contributed by atoms with Crippen molar-refractivity contribution in [2.24, 2.45) is 35.5 Å². The first-order valence-corrected chi connectivity index (χ1v) is 3.97. The average Bonchev–Trinajstić information content (AvgIpc) is 2.55. The van der Waals surface area contributed by atoms with Crippen molar-refractivity contribution in [3.63, 3.8) is 0 Å². The first-order chi connectivity index (χ1) is 3.97. The van der Waals surface area contributed by atoms with Crippen LogP contribution in [0, 0.1) is 35.5 Å². The Hall–Kier alpha value is 0. The van der Waals surface area contributed by atoms with E-state index in [1.165, 1.54) is 35.5 Å². The maximum atomic E-state index is 1.64. The molecule has 0 spiro atoms. The van der Waals surface area contributed by atoms with Crippen molar-refractivity contribution >= 4 is 0 Å². The molecule has 0 aromatic carbocycles. The molecule has 0 aromatic rings. The monoisotopic (exact) mass is 106 g/mol. The summed E-state index contributed by atoms with van der Waals surface area (Å²) >= 11 is 0. The van der Waals surface area contributed by atoms with Gasteiger partial charge in [0.2, 0.25) is 0 Å². The molecule has 0 heteroatoms. The van der Waals surface area contributed by atoms with Gasteiger partial charge >= 0.3 is 0 Å². The van der Waals surface area contributed by atoms with Gasteiger partial charge in [0.15, 0.2) is 0 Å². The van der Waals surface area contributed by atoms with Crippen LogP contribution in [0.25, 0.3) is 0 Å². The molecular weight excluding hydrogens is 96.1 g/mol. The minimum absolute atomic E-state index is 1.28. The third kappa shape index (κ3) is 0.146. The molecule has 0 N–H and O–H groups in total. The zero-order valence-electron chi connectivity index (χ0n) is 4.88. The zero-order chi connectivity index (χ0) is 4.88. The van der Waals surface area contributed by atoms with E-state index in [-0.39, 0.29) is 0 Å². The van der Waals surface area contributed by atoms with E-state index < -0.39 is 0 Å². The van der Waals surface area contributed by atoms with Gasteiger partial charge in [-0.15, -0.1) is 0 Å². The van der Waals surface area contributed by atoms with Gasteiger partial charge in [-0.2, -0.15) is 0 Å². The molecule has 0 amide bonds. The molecule has 0 heterocycles. The second-order valence-corrected chi connectivity index (χ2v) is 4.28. The van der Waals surface area contributed by atoms with Gasteiger partial charge in [0.25, 0.3) is 0 Å². The highest BCUT2D eigenvalue weighted by Crippen LogP contribution is 2.84. The minimum Gasteiger partial charge on any atom is -0.0465 e. The second-order valence-electron chi connectivity index (χ2n) is 4.28. The van der Waals surface area contributed by atoms with E-state index in [0.717, 1.165) is 0 Å². The first kappa shape index (κ1) is 3.24. The van der Waals surface area contributed by atoms with Gasteiger partial charge in [-0.1, -0.05) is 0 Å². The van der Waals surface area contributed by atoms with E-state index in [1.54, 1.807) is 12.8 Å². The van der Waals surface area contributed by atoms with Crippen LogP contribution in [0.1, 0.15) is 12.8 Å². The van der Waals surface area contributed by atoms with Crippen molar-refractivity contribution in [2.45, 2.75) is 12.8 Å². The SMILES string of the molecule is C1C2C1C1C3CC3C21. The zero-order valence-corrected chi connectivity index (χ0v) is 4.88. The van der Waals surface area contributed by atoms with Crippen LogP contribution in [0.15, 0.2) is 0 Å². The van der Waals surface area contributed by atoms with Crippen molar-refractivity contribution in [1.82, 2.24) is 0 Å². The van der Waals surface area contributed by atoms with E-state index in [0.29, 0.717) is 0 Å². The Bertz CT molecular complexity index is 137. The molecule has 0 bridgehead atoms. The predicted molar refractivity (Wildman–Crippen MR) is 30.2 cm³/mol. The Kier molecular flexibility index (Phi) is 0.255. The van der Waals surface area contributed by atoms with Gasteiger partial charge < -0.3 is 0 Å². The Morgan fingerprint density at radius 3 is 1.38 bits per heavy atom. The summed E-state index contributed by atoms with van der Waals surface area (Å²) in [5.74, 6) is 7.72. The van der Waals surface area contributed by atoms with Crippen molar-refractivity contribution in [3.05, 3.63) is 0 Å².